The van der Waals surface area contributed by atoms with Gasteiger partial charge in [-0.05, 0) is 57.8 Å². The third kappa shape index (κ3) is 2.90. The summed E-state index contributed by atoms with van der Waals surface area (Å²) in [5, 5.41) is 4.03. The molecule has 2 aliphatic carbocycles. The first-order valence-corrected chi connectivity index (χ1v) is 8.72. The molecule has 116 valence electrons. The molecule has 1 saturated heterocycles. The van der Waals surface area contributed by atoms with Crippen LogP contribution in [-0.4, -0.2) is 49.3 Å². The molecule has 0 spiro atoms. The van der Waals surface area contributed by atoms with E-state index in [1.54, 1.807) is 0 Å². The van der Waals surface area contributed by atoms with Crippen LogP contribution in [0.25, 0.3) is 0 Å². The Morgan fingerprint density at radius 3 is 2.25 bits per heavy atom. The highest BCUT2D eigenvalue weighted by Crippen LogP contribution is 2.37. The topological polar surface area (TPSA) is 24.5 Å². The molecule has 0 amide bonds. The van der Waals surface area contributed by atoms with Crippen molar-refractivity contribution in [2.24, 2.45) is 11.8 Å². The van der Waals surface area contributed by atoms with Gasteiger partial charge in [-0.1, -0.05) is 6.42 Å². The van der Waals surface area contributed by atoms with Gasteiger partial charge in [-0.25, -0.2) is 0 Å². The number of fused-ring (bicyclic) bond motifs is 2. The summed E-state index contributed by atoms with van der Waals surface area (Å²) in [5.74, 6) is 1.73. The summed E-state index contributed by atoms with van der Waals surface area (Å²) in [6.45, 7) is 7.30. The van der Waals surface area contributed by atoms with Crippen LogP contribution < -0.4 is 5.32 Å². The van der Waals surface area contributed by atoms with E-state index < -0.39 is 0 Å². The zero-order valence-corrected chi connectivity index (χ0v) is 13.5. The van der Waals surface area contributed by atoms with Gasteiger partial charge in [-0.2, -0.15) is 0 Å². The molecule has 4 unspecified atom stereocenters. The molecule has 2 bridgehead atoms. The molecule has 2 saturated carbocycles. The second-order valence-electron chi connectivity index (χ2n) is 7.50. The zero-order chi connectivity index (χ0) is 14.1. The Kier molecular flexibility index (Phi) is 4.68. The van der Waals surface area contributed by atoms with E-state index in [-0.39, 0.29) is 0 Å². The molecule has 3 rings (SSSR count). The SMILES string of the molecule is COC1CCCC1NC1C2CCCC1CN(C(C)C)C2. The van der Waals surface area contributed by atoms with Gasteiger partial charge in [0.1, 0.15) is 0 Å². The predicted octanol–water partition coefficient (Wildman–Crippen LogP) is 2.65. The van der Waals surface area contributed by atoms with Crippen molar-refractivity contribution >= 4 is 0 Å². The number of piperidine rings is 1. The van der Waals surface area contributed by atoms with Crippen LogP contribution in [0.15, 0.2) is 0 Å². The molecule has 0 aromatic heterocycles. The van der Waals surface area contributed by atoms with Gasteiger partial charge < -0.3 is 15.0 Å². The third-order valence-corrected chi connectivity index (χ3v) is 6.00. The number of ether oxygens (including phenoxy) is 1. The average molecular weight is 280 g/mol. The molecule has 0 aromatic carbocycles. The lowest BCUT2D eigenvalue weighted by atomic mass is 9.73. The molecule has 3 heteroatoms. The van der Waals surface area contributed by atoms with E-state index in [1.165, 1.54) is 51.6 Å². The molecule has 3 aliphatic rings. The van der Waals surface area contributed by atoms with Crippen LogP contribution in [0.5, 0.6) is 0 Å². The lowest BCUT2D eigenvalue weighted by molar-refractivity contribution is 0.0106. The lowest BCUT2D eigenvalue weighted by Gasteiger charge is -2.50. The number of nitrogens with one attached hydrogen (secondary N) is 1. The second kappa shape index (κ2) is 6.33. The maximum absolute atomic E-state index is 5.67. The monoisotopic (exact) mass is 280 g/mol. The summed E-state index contributed by atoms with van der Waals surface area (Å²) in [7, 11) is 1.88. The van der Waals surface area contributed by atoms with Gasteiger partial charge in [0, 0.05) is 38.3 Å². The van der Waals surface area contributed by atoms with Gasteiger partial charge in [0.25, 0.3) is 0 Å². The Morgan fingerprint density at radius 2 is 1.65 bits per heavy atom. The fourth-order valence-electron chi connectivity index (χ4n) is 4.81. The molecule has 1 aliphatic heterocycles. The summed E-state index contributed by atoms with van der Waals surface area (Å²) in [4.78, 5) is 2.70. The Morgan fingerprint density at radius 1 is 1.00 bits per heavy atom. The fraction of sp³-hybridized carbons (Fsp3) is 1.00. The van der Waals surface area contributed by atoms with Crippen LogP contribution in [0.1, 0.15) is 52.4 Å². The van der Waals surface area contributed by atoms with Crippen molar-refractivity contribution < 1.29 is 4.74 Å². The molecule has 3 fully saturated rings. The van der Waals surface area contributed by atoms with Crippen LogP contribution in [0.3, 0.4) is 0 Å². The van der Waals surface area contributed by atoms with Gasteiger partial charge in [-0.15, -0.1) is 0 Å². The van der Waals surface area contributed by atoms with Gasteiger partial charge in [0.15, 0.2) is 0 Å². The molecule has 0 radical (unpaired) electrons. The van der Waals surface area contributed by atoms with Crippen LogP contribution >= 0.6 is 0 Å². The standard InChI is InChI=1S/C17H32N2O/c1-12(2)19-10-13-6-4-7-14(11-19)17(13)18-15-8-5-9-16(15)20-3/h12-18H,4-11H2,1-3H3. The molecule has 20 heavy (non-hydrogen) atoms. The molecular formula is C17H32N2O. The normalized spacial score (nSPS) is 42.3. The summed E-state index contributed by atoms with van der Waals surface area (Å²) in [5.41, 5.74) is 0. The minimum Gasteiger partial charge on any atom is -0.380 e. The number of hydrogen-bond donors (Lipinski definition) is 1. The van der Waals surface area contributed by atoms with Crippen molar-refractivity contribution in [2.45, 2.75) is 76.6 Å². The Bertz CT molecular complexity index is 306. The van der Waals surface area contributed by atoms with Crippen molar-refractivity contribution in [1.29, 1.82) is 0 Å². The van der Waals surface area contributed by atoms with Gasteiger partial charge in [-0.3, -0.25) is 0 Å². The average Bonchev–Trinajstić information content (AvgIpc) is 2.85. The molecule has 1 N–H and O–H groups in total. The Labute approximate surface area is 124 Å². The van der Waals surface area contributed by atoms with E-state index in [2.05, 4.69) is 24.1 Å². The zero-order valence-electron chi connectivity index (χ0n) is 13.5. The van der Waals surface area contributed by atoms with Gasteiger partial charge >= 0.3 is 0 Å². The van der Waals surface area contributed by atoms with E-state index in [9.17, 15) is 0 Å². The Balaban J connectivity index is 1.64. The van der Waals surface area contributed by atoms with Gasteiger partial charge in [0.2, 0.25) is 0 Å². The maximum Gasteiger partial charge on any atom is 0.0724 e. The summed E-state index contributed by atoms with van der Waals surface area (Å²) < 4.78 is 5.67. The highest BCUT2D eigenvalue weighted by molar-refractivity contribution is 4.98. The van der Waals surface area contributed by atoms with Crippen LogP contribution in [0, 0.1) is 11.8 Å². The minimum atomic E-state index is 0.457. The van der Waals surface area contributed by atoms with E-state index in [1.807, 2.05) is 7.11 Å². The number of likely N-dealkylation sites (tertiary alicyclic amines) is 1. The fourth-order valence-corrected chi connectivity index (χ4v) is 4.81. The maximum atomic E-state index is 5.67. The largest absolute Gasteiger partial charge is 0.380 e. The van der Waals surface area contributed by atoms with Crippen molar-refractivity contribution in [1.82, 2.24) is 10.2 Å². The van der Waals surface area contributed by atoms with E-state index in [0.717, 1.165) is 17.9 Å². The first kappa shape index (κ1) is 14.8. The predicted molar refractivity (Wildman–Crippen MR) is 82.9 cm³/mol. The number of methoxy groups -OCH3 is 1. The van der Waals surface area contributed by atoms with Crippen LogP contribution in [0.4, 0.5) is 0 Å². The molecule has 0 aromatic rings. The first-order valence-electron chi connectivity index (χ1n) is 8.72. The smallest absolute Gasteiger partial charge is 0.0724 e. The third-order valence-electron chi connectivity index (χ3n) is 6.00. The van der Waals surface area contributed by atoms with E-state index >= 15 is 0 Å². The molecule has 4 atom stereocenters. The second-order valence-corrected chi connectivity index (χ2v) is 7.50. The highest BCUT2D eigenvalue weighted by Gasteiger charge is 2.42. The first-order chi connectivity index (χ1) is 9.69. The summed E-state index contributed by atoms with van der Waals surface area (Å²) in [6, 6.07) is 2.07. The molecule has 1 heterocycles. The summed E-state index contributed by atoms with van der Waals surface area (Å²) in [6.07, 6.45) is 8.62. The molecule has 3 nitrogen and oxygen atoms in total. The van der Waals surface area contributed by atoms with E-state index in [4.69, 9.17) is 4.74 Å². The van der Waals surface area contributed by atoms with Crippen LogP contribution in [0.2, 0.25) is 0 Å². The molecular weight excluding hydrogens is 248 g/mol. The number of nitrogens with zero attached hydrogens (tertiary/aromatic N) is 1. The van der Waals surface area contributed by atoms with Crippen molar-refractivity contribution in [3.63, 3.8) is 0 Å². The van der Waals surface area contributed by atoms with Crippen molar-refractivity contribution in [3.8, 4) is 0 Å². The van der Waals surface area contributed by atoms with E-state index in [0.29, 0.717) is 18.2 Å². The number of rotatable bonds is 4. The minimum absolute atomic E-state index is 0.457. The highest BCUT2D eigenvalue weighted by atomic mass is 16.5. The van der Waals surface area contributed by atoms with Crippen LogP contribution in [-0.2, 0) is 4.74 Å². The quantitative estimate of drug-likeness (QED) is 0.857. The van der Waals surface area contributed by atoms with Gasteiger partial charge in [0.05, 0.1) is 6.10 Å². The summed E-state index contributed by atoms with van der Waals surface area (Å²) >= 11 is 0. The lowest BCUT2D eigenvalue weighted by Crippen LogP contribution is -2.60. The number of hydrogen-bond acceptors (Lipinski definition) is 3. The van der Waals surface area contributed by atoms with Crippen molar-refractivity contribution in [3.05, 3.63) is 0 Å². The Hall–Kier alpha value is -0.120. The van der Waals surface area contributed by atoms with Crippen molar-refractivity contribution in [2.75, 3.05) is 20.2 Å².